The van der Waals surface area contributed by atoms with E-state index in [0.717, 1.165) is 16.7 Å². The monoisotopic (exact) mass is 399 g/mol. The minimum absolute atomic E-state index is 0. The van der Waals surface area contributed by atoms with Gasteiger partial charge in [0.25, 0.3) is 0 Å². The van der Waals surface area contributed by atoms with Gasteiger partial charge < -0.3 is 5.11 Å². The van der Waals surface area contributed by atoms with Gasteiger partial charge in [-0.25, -0.2) is 9.48 Å². The SMILES string of the molecule is C.C#Cc1cccnc1.Cc1ccc(C(=O)O)cc1-n1cc(-c2cccnc2)nn1. The topological polar surface area (TPSA) is 93.8 Å². The molecule has 3 aromatic heterocycles. The number of aromatic carboxylic acids is 1. The van der Waals surface area contributed by atoms with Gasteiger partial charge in [0.2, 0.25) is 0 Å². The fourth-order valence-electron chi connectivity index (χ4n) is 2.47. The van der Waals surface area contributed by atoms with Crippen LogP contribution in [0.2, 0.25) is 0 Å². The van der Waals surface area contributed by atoms with E-state index in [4.69, 9.17) is 11.5 Å². The molecular weight excluding hydrogens is 378 g/mol. The van der Waals surface area contributed by atoms with Gasteiger partial charge in [-0.05, 0) is 48.9 Å². The summed E-state index contributed by atoms with van der Waals surface area (Å²) < 4.78 is 1.57. The Morgan fingerprint density at radius 3 is 2.40 bits per heavy atom. The number of carboxylic acid groups (broad SMARTS) is 1. The molecule has 1 aromatic carbocycles. The number of nitrogens with zero attached hydrogens (tertiary/aromatic N) is 5. The first-order valence-corrected chi connectivity index (χ1v) is 8.62. The lowest BCUT2D eigenvalue weighted by Crippen LogP contribution is -2.02. The maximum absolute atomic E-state index is 11.1. The number of rotatable bonds is 3. The summed E-state index contributed by atoms with van der Waals surface area (Å²) in [5, 5.41) is 17.3. The van der Waals surface area contributed by atoms with E-state index in [0.29, 0.717) is 11.4 Å². The second kappa shape index (κ2) is 10.3. The van der Waals surface area contributed by atoms with E-state index in [1.54, 1.807) is 53.9 Å². The lowest BCUT2D eigenvalue weighted by molar-refractivity contribution is 0.0697. The molecule has 0 radical (unpaired) electrons. The first-order valence-electron chi connectivity index (χ1n) is 8.62. The Morgan fingerprint density at radius 1 is 1.10 bits per heavy atom. The van der Waals surface area contributed by atoms with Gasteiger partial charge in [-0.15, -0.1) is 11.5 Å². The molecule has 0 bridgehead atoms. The van der Waals surface area contributed by atoms with Crippen molar-refractivity contribution in [2.45, 2.75) is 14.4 Å². The summed E-state index contributed by atoms with van der Waals surface area (Å²) in [6.45, 7) is 1.90. The van der Waals surface area contributed by atoms with Crippen molar-refractivity contribution < 1.29 is 9.90 Å². The zero-order chi connectivity index (χ0) is 20.6. The van der Waals surface area contributed by atoms with E-state index in [1.165, 1.54) is 0 Å². The van der Waals surface area contributed by atoms with Crippen LogP contribution in [-0.4, -0.2) is 36.0 Å². The number of aryl methyl sites for hydroxylation is 1. The third kappa shape index (κ3) is 5.36. The lowest BCUT2D eigenvalue weighted by atomic mass is 10.1. The molecule has 1 N–H and O–H groups in total. The summed E-state index contributed by atoms with van der Waals surface area (Å²) in [6.07, 6.45) is 13.6. The minimum atomic E-state index is -0.969. The third-order valence-electron chi connectivity index (χ3n) is 3.98. The largest absolute Gasteiger partial charge is 0.478 e. The highest BCUT2D eigenvalue weighted by Gasteiger charge is 2.10. The first-order chi connectivity index (χ1) is 14.1. The third-order valence-corrected chi connectivity index (χ3v) is 3.98. The minimum Gasteiger partial charge on any atom is -0.478 e. The Balaban J connectivity index is 0.000000302. The average Bonchev–Trinajstić information content (AvgIpc) is 3.25. The molecule has 0 aliphatic heterocycles. The number of hydrogen-bond donors (Lipinski definition) is 1. The van der Waals surface area contributed by atoms with E-state index in [-0.39, 0.29) is 13.0 Å². The Bertz CT molecular complexity index is 1150. The second-order valence-electron chi connectivity index (χ2n) is 5.98. The quantitative estimate of drug-likeness (QED) is 0.523. The van der Waals surface area contributed by atoms with E-state index >= 15 is 0 Å². The number of aromatic nitrogens is 5. The molecule has 0 atom stereocenters. The van der Waals surface area contributed by atoms with Crippen LogP contribution in [0.1, 0.15) is 28.9 Å². The van der Waals surface area contributed by atoms with Crippen LogP contribution >= 0.6 is 0 Å². The fourth-order valence-corrected chi connectivity index (χ4v) is 2.47. The summed E-state index contributed by atoms with van der Waals surface area (Å²) in [7, 11) is 0. The van der Waals surface area contributed by atoms with Gasteiger partial charge in [0.05, 0.1) is 17.4 Å². The summed E-state index contributed by atoms with van der Waals surface area (Å²) in [5.74, 6) is 1.50. The van der Waals surface area contributed by atoms with Gasteiger partial charge in [-0.2, -0.15) is 0 Å². The van der Waals surface area contributed by atoms with Crippen LogP contribution in [0, 0.1) is 19.3 Å². The molecule has 0 aliphatic rings. The molecule has 0 saturated heterocycles. The predicted molar refractivity (Wildman–Crippen MR) is 115 cm³/mol. The van der Waals surface area contributed by atoms with Gasteiger partial charge in [-0.3, -0.25) is 9.97 Å². The molecule has 0 unspecified atom stereocenters. The van der Waals surface area contributed by atoms with Crippen LogP contribution in [0.15, 0.2) is 73.4 Å². The number of benzene rings is 1. The maximum atomic E-state index is 11.1. The Morgan fingerprint density at radius 2 is 1.83 bits per heavy atom. The van der Waals surface area contributed by atoms with Crippen LogP contribution in [0.25, 0.3) is 16.9 Å². The smallest absolute Gasteiger partial charge is 0.335 e. The average molecular weight is 399 g/mol. The molecule has 3 heterocycles. The van der Waals surface area contributed by atoms with Crippen molar-refractivity contribution in [1.82, 2.24) is 25.0 Å². The maximum Gasteiger partial charge on any atom is 0.335 e. The molecule has 0 saturated carbocycles. The molecule has 0 amide bonds. The first kappa shape index (κ1) is 22.0. The molecule has 150 valence electrons. The van der Waals surface area contributed by atoms with Crippen LogP contribution in [-0.2, 0) is 0 Å². The Kier molecular flexibility index (Phi) is 7.54. The van der Waals surface area contributed by atoms with Crippen LogP contribution in [0.4, 0.5) is 0 Å². The number of carbonyl (C=O) groups is 1. The molecular formula is C23H21N5O2. The highest BCUT2D eigenvalue weighted by Crippen LogP contribution is 2.19. The summed E-state index contributed by atoms with van der Waals surface area (Å²) in [4.78, 5) is 18.9. The van der Waals surface area contributed by atoms with E-state index < -0.39 is 5.97 Å². The van der Waals surface area contributed by atoms with Gasteiger partial charge in [0.15, 0.2) is 0 Å². The van der Waals surface area contributed by atoms with E-state index in [2.05, 4.69) is 26.2 Å². The summed E-state index contributed by atoms with van der Waals surface area (Å²) >= 11 is 0. The van der Waals surface area contributed by atoms with E-state index in [1.807, 2.05) is 31.2 Å². The van der Waals surface area contributed by atoms with Gasteiger partial charge in [-0.1, -0.05) is 24.6 Å². The number of pyridine rings is 2. The summed E-state index contributed by atoms with van der Waals surface area (Å²) in [5.41, 5.74) is 4.20. The van der Waals surface area contributed by atoms with Crippen LogP contribution < -0.4 is 0 Å². The van der Waals surface area contributed by atoms with Crippen molar-refractivity contribution >= 4 is 5.97 Å². The van der Waals surface area contributed by atoms with Crippen LogP contribution in [0.3, 0.4) is 0 Å². The van der Waals surface area contributed by atoms with Gasteiger partial charge >= 0.3 is 5.97 Å². The molecule has 0 fully saturated rings. The van der Waals surface area contributed by atoms with Crippen molar-refractivity contribution in [1.29, 1.82) is 0 Å². The van der Waals surface area contributed by atoms with Crippen LogP contribution in [0.5, 0.6) is 0 Å². The fraction of sp³-hybridized carbons (Fsp3) is 0.0870. The zero-order valence-corrected chi connectivity index (χ0v) is 15.6. The van der Waals surface area contributed by atoms with Gasteiger partial charge in [0, 0.05) is 35.9 Å². The van der Waals surface area contributed by atoms with Crippen molar-refractivity contribution in [2.24, 2.45) is 0 Å². The summed E-state index contributed by atoms with van der Waals surface area (Å²) in [6, 6.07) is 12.3. The highest BCUT2D eigenvalue weighted by molar-refractivity contribution is 5.88. The molecule has 30 heavy (non-hydrogen) atoms. The molecule has 0 spiro atoms. The zero-order valence-electron chi connectivity index (χ0n) is 15.6. The van der Waals surface area contributed by atoms with Crippen molar-refractivity contribution in [2.75, 3.05) is 0 Å². The van der Waals surface area contributed by atoms with Crippen molar-refractivity contribution in [3.05, 3.63) is 90.1 Å². The van der Waals surface area contributed by atoms with Crippen molar-refractivity contribution in [3.63, 3.8) is 0 Å². The van der Waals surface area contributed by atoms with Crippen molar-refractivity contribution in [3.8, 4) is 29.3 Å². The van der Waals surface area contributed by atoms with E-state index in [9.17, 15) is 4.79 Å². The number of terminal acetylenes is 1. The lowest BCUT2D eigenvalue weighted by Gasteiger charge is -2.05. The number of hydrogen-bond acceptors (Lipinski definition) is 5. The molecule has 4 rings (SSSR count). The normalized spacial score (nSPS) is 9.47. The number of carboxylic acids is 1. The molecule has 4 aromatic rings. The molecule has 7 heteroatoms. The highest BCUT2D eigenvalue weighted by atomic mass is 16.4. The standard InChI is InChI=1S/C15H12N4O2.C7H5N.CH4/c1-10-4-5-11(15(20)21)7-14(10)19-9-13(17-18-19)12-3-2-6-16-8-12;1-2-7-4-3-5-8-6-7;/h2-9H,1H3,(H,20,21);1,3-6H;1H4. The Hall–Kier alpha value is -4.31. The second-order valence-corrected chi connectivity index (χ2v) is 5.98. The predicted octanol–water partition coefficient (Wildman–Crippen LogP) is 4.03. The Labute approximate surface area is 175 Å². The van der Waals surface area contributed by atoms with Gasteiger partial charge in [0.1, 0.15) is 5.69 Å². The molecule has 0 aliphatic carbocycles. The molecule has 7 nitrogen and oxygen atoms in total.